The minimum Gasteiger partial charge on any atom is -0.481 e. The number of aliphatic carboxylic acids is 1. The topological polar surface area (TPSA) is 66.3 Å². The van der Waals surface area contributed by atoms with Gasteiger partial charge in [-0.05, 0) is 32.3 Å². The third-order valence-corrected chi connectivity index (χ3v) is 3.92. The van der Waals surface area contributed by atoms with E-state index in [1.807, 2.05) is 6.07 Å². The number of aromatic nitrogens is 2. The molecule has 2 fully saturated rings. The largest absolute Gasteiger partial charge is 0.481 e. The molecule has 1 aliphatic heterocycles. The van der Waals surface area contributed by atoms with Crippen LogP contribution in [0.1, 0.15) is 37.9 Å². The highest BCUT2D eigenvalue weighted by Gasteiger charge is 2.41. The lowest BCUT2D eigenvalue weighted by atomic mass is 9.90. The summed E-state index contributed by atoms with van der Waals surface area (Å²) in [5.74, 6) is 1.59. The molecule has 5 nitrogen and oxygen atoms in total. The number of carboxylic acids is 1. The zero-order chi connectivity index (χ0) is 12.8. The molecule has 2 heterocycles. The molecule has 0 spiro atoms. The summed E-state index contributed by atoms with van der Waals surface area (Å²) < 4.78 is 0. The van der Waals surface area contributed by atoms with E-state index in [2.05, 4.69) is 14.9 Å². The van der Waals surface area contributed by atoms with E-state index in [4.69, 9.17) is 0 Å². The molecule has 1 N–H and O–H groups in total. The Kier molecular flexibility index (Phi) is 2.50. The number of nitrogens with zero attached hydrogens (tertiary/aromatic N) is 3. The third kappa shape index (κ3) is 1.94. The first-order valence-corrected chi connectivity index (χ1v) is 6.40. The second-order valence-electron chi connectivity index (χ2n) is 5.58. The normalized spacial score (nSPS) is 27.5. The van der Waals surface area contributed by atoms with Crippen LogP contribution < -0.4 is 4.90 Å². The zero-order valence-electron chi connectivity index (χ0n) is 10.5. The molecule has 1 saturated heterocycles. The van der Waals surface area contributed by atoms with Crippen LogP contribution in [-0.2, 0) is 4.79 Å². The van der Waals surface area contributed by atoms with E-state index >= 15 is 0 Å². The predicted molar refractivity (Wildman–Crippen MR) is 66.6 cm³/mol. The van der Waals surface area contributed by atoms with Crippen molar-refractivity contribution in [3.63, 3.8) is 0 Å². The van der Waals surface area contributed by atoms with Crippen molar-refractivity contribution in [3.8, 4) is 0 Å². The lowest BCUT2D eigenvalue weighted by Gasteiger charge is -2.21. The molecule has 2 aliphatic rings. The Hall–Kier alpha value is -1.65. The molecule has 5 heteroatoms. The van der Waals surface area contributed by atoms with E-state index in [0.717, 1.165) is 18.2 Å². The minimum absolute atomic E-state index is 0.526. The summed E-state index contributed by atoms with van der Waals surface area (Å²) in [4.78, 5) is 22.1. The van der Waals surface area contributed by atoms with E-state index < -0.39 is 11.4 Å². The van der Waals surface area contributed by atoms with Gasteiger partial charge in [0.05, 0.1) is 5.41 Å². The molecule has 1 aromatic heterocycles. The van der Waals surface area contributed by atoms with Gasteiger partial charge in [0.1, 0.15) is 11.6 Å². The molecule has 1 atom stereocenters. The predicted octanol–water partition coefficient (Wildman–Crippen LogP) is 1.65. The van der Waals surface area contributed by atoms with E-state index in [0.29, 0.717) is 18.9 Å². The molecular weight excluding hydrogens is 230 g/mol. The first-order chi connectivity index (χ1) is 8.58. The summed E-state index contributed by atoms with van der Waals surface area (Å²) in [5, 5.41) is 9.23. The van der Waals surface area contributed by atoms with E-state index in [1.54, 1.807) is 13.1 Å². The number of rotatable bonds is 3. The van der Waals surface area contributed by atoms with Crippen LogP contribution in [0.3, 0.4) is 0 Å². The Bertz CT molecular complexity index is 487. The van der Waals surface area contributed by atoms with Gasteiger partial charge in [0.2, 0.25) is 0 Å². The molecule has 18 heavy (non-hydrogen) atoms. The monoisotopic (exact) mass is 247 g/mol. The lowest BCUT2D eigenvalue weighted by Crippen LogP contribution is -2.32. The van der Waals surface area contributed by atoms with E-state index in [-0.39, 0.29) is 0 Å². The highest BCUT2D eigenvalue weighted by molar-refractivity contribution is 5.76. The zero-order valence-corrected chi connectivity index (χ0v) is 10.5. The van der Waals surface area contributed by atoms with Crippen LogP contribution in [0.2, 0.25) is 0 Å². The second kappa shape index (κ2) is 3.93. The average molecular weight is 247 g/mol. The van der Waals surface area contributed by atoms with Crippen LogP contribution in [0.4, 0.5) is 5.82 Å². The van der Waals surface area contributed by atoms with Crippen LogP contribution >= 0.6 is 0 Å². The number of hydrogen-bond donors (Lipinski definition) is 1. The number of anilines is 1. The van der Waals surface area contributed by atoms with Crippen LogP contribution in [0.15, 0.2) is 12.3 Å². The fourth-order valence-corrected chi connectivity index (χ4v) is 2.41. The average Bonchev–Trinajstić information content (AvgIpc) is 3.13. The summed E-state index contributed by atoms with van der Waals surface area (Å²) in [7, 11) is 0. The van der Waals surface area contributed by atoms with Crippen molar-refractivity contribution in [1.82, 2.24) is 9.97 Å². The van der Waals surface area contributed by atoms with Gasteiger partial charge in [-0.15, -0.1) is 0 Å². The molecule has 0 amide bonds. The van der Waals surface area contributed by atoms with Gasteiger partial charge < -0.3 is 10.0 Å². The summed E-state index contributed by atoms with van der Waals surface area (Å²) in [5.41, 5.74) is -0.648. The minimum atomic E-state index is -0.721. The Morgan fingerprint density at radius 3 is 2.94 bits per heavy atom. The van der Waals surface area contributed by atoms with Crippen molar-refractivity contribution in [1.29, 1.82) is 0 Å². The van der Waals surface area contributed by atoms with Gasteiger partial charge in [-0.1, -0.05) is 0 Å². The SMILES string of the molecule is CC1(C(=O)O)CCN(c2ccnc(C3CC3)n2)C1. The van der Waals surface area contributed by atoms with E-state index in [9.17, 15) is 9.90 Å². The standard InChI is InChI=1S/C13H17N3O2/c1-13(12(17)18)5-7-16(8-13)10-4-6-14-11(15-10)9-2-3-9/h4,6,9H,2-3,5,7-8H2,1H3,(H,17,18). The summed E-state index contributed by atoms with van der Waals surface area (Å²) in [6, 6.07) is 1.87. The van der Waals surface area contributed by atoms with Gasteiger partial charge in [0.15, 0.2) is 0 Å². The molecule has 1 aliphatic carbocycles. The molecule has 0 aromatic carbocycles. The quantitative estimate of drug-likeness (QED) is 0.879. The highest BCUT2D eigenvalue weighted by Crippen LogP contribution is 2.39. The number of hydrogen-bond acceptors (Lipinski definition) is 4. The first-order valence-electron chi connectivity index (χ1n) is 6.40. The third-order valence-electron chi connectivity index (χ3n) is 3.92. The molecule has 1 unspecified atom stereocenters. The Morgan fingerprint density at radius 2 is 2.33 bits per heavy atom. The van der Waals surface area contributed by atoms with Crippen molar-refractivity contribution in [2.45, 2.75) is 32.1 Å². The van der Waals surface area contributed by atoms with Crippen LogP contribution in [-0.4, -0.2) is 34.1 Å². The highest BCUT2D eigenvalue weighted by atomic mass is 16.4. The fourth-order valence-electron chi connectivity index (χ4n) is 2.41. The maximum atomic E-state index is 11.2. The lowest BCUT2D eigenvalue weighted by molar-refractivity contribution is -0.146. The first kappa shape index (κ1) is 11.4. The Balaban J connectivity index is 1.80. The van der Waals surface area contributed by atoms with Crippen LogP contribution in [0, 0.1) is 5.41 Å². The molecule has 0 bridgehead atoms. The van der Waals surface area contributed by atoms with Crippen molar-refractivity contribution < 1.29 is 9.90 Å². The molecule has 0 radical (unpaired) electrons. The van der Waals surface area contributed by atoms with Gasteiger partial charge in [-0.3, -0.25) is 4.79 Å². The smallest absolute Gasteiger partial charge is 0.311 e. The Morgan fingerprint density at radius 1 is 1.56 bits per heavy atom. The van der Waals surface area contributed by atoms with Crippen molar-refractivity contribution in [2.75, 3.05) is 18.0 Å². The molecule has 1 saturated carbocycles. The van der Waals surface area contributed by atoms with E-state index in [1.165, 1.54) is 12.8 Å². The molecule has 96 valence electrons. The number of carbonyl (C=O) groups is 1. The Labute approximate surface area is 106 Å². The van der Waals surface area contributed by atoms with Crippen molar-refractivity contribution in [2.24, 2.45) is 5.41 Å². The van der Waals surface area contributed by atoms with Gasteiger partial charge in [0, 0.05) is 25.2 Å². The molecule has 1 aromatic rings. The van der Waals surface area contributed by atoms with Crippen LogP contribution in [0.25, 0.3) is 0 Å². The van der Waals surface area contributed by atoms with Crippen LogP contribution in [0.5, 0.6) is 0 Å². The van der Waals surface area contributed by atoms with Gasteiger partial charge in [-0.25, -0.2) is 9.97 Å². The maximum absolute atomic E-state index is 11.2. The van der Waals surface area contributed by atoms with Crippen molar-refractivity contribution >= 4 is 11.8 Å². The maximum Gasteiger partial charge on any atom is 0.311 e. The summed E-state index contributed by atoms with van der Waals surface area (Å²) >= 11 is 0. The van der Waals surface area contributed by atoms with Gasteiger partial charge in [0.25, 0.3) is 0 Å². The second-order valence-corrected chi connectivity index (χ2v) is 5.58. The number of carboxylic acid groups (broad SMARTS) is 1. The fraction of sp³-hybridized carbons (Fsp3) is 0.615. The molecular formula is C13H17N3O2. The van der Waals surface area contributed by atoms with Gasteiger partial charge in [-0.2, -0.15) is 0 Å². The van der Waals surface area contributed by atoms with Gasteiger partial charge >= 0.3 is 5.97 Å². The summed E-state index contributed by atoms with van der Waals surface area (Å²) in [6.07, 6.45) is 4.81. The van der Waals surface area contributed by atoms with Crippen molar-refractivity contribution in [3.05, 3.63) is 18.1 Å². The summed E-state index contributed by atoms with van der Waals surface area (Å²) in [6.45, 7) is 3.09. The molecule has 3 rings (SSSR count).